The van der Waals surface area contributed by atoms with Crippen molar-refractivity contribution in [1.29, 1.82) is 5.26 Å². The number of Topliss-reactive ketones (excluding diaryl/α,β-unsaturated/α-hetero) is 1. The van der Waals surface area contributed by atoms with E-state index in [2.05, 4.69) is 11.4 Å². The van der Waals surface area contributed by atoms with Crippen LogP contribution in [0, 0.1) is 11.3 Å². The van der Waals surface area contributed by atoms with Crippen LogP contribution >= 0.6 is 35.1 Å². The van der Waals surface area contributed by atoms with Crippen LogP contribution in [-0.4, -0.2) is 17.1 Å². The highest BCUT2D eigenvalue weighted by atomic mass is 35.5. The molecule has 0 radical (unpaired) electrons. The fourth-order valence-electron chi connectivity index (χ4n) is 2.60. The molecule has 1 unspecified atom stereocenters. The lowest BCUT2D eigenvalue weighted by atomic mass is 9.81. The maximum absolute atomic E-state index is 12.2. The lowest BCUT2D eigenvalue weighted by Crippen LogP contribution is -2.27. The fraction of sp³-hybridized carbons (Fsp3) is 0.294. The molecule has 1 atom stereocenters. The summed E-state index contributed by atoms with van der Waals surface area (Å²) in [6.45, 7) is 3.42. The molecule has 0 amide bonds. The summed E-state index contributed by atoms with van der Waals surface area (Å²) in [7, 11) is 0. The Morgan fingerprint density at radius 3 is 2.57 bits per heavy atom. The van der Waals surface area contributed by atoms with Gasteiger partial charge in [0.15, 0.2) is 5.78 Å². The zero-order valence-corrected chi connectivity index (χ0v) is 15.5. The molecule has 0 spiro atoms. The predicted molar refractivity (Wildman–Crippen MR) is 99.3 cm³/mol. The summed E-state index contributed by atoms with van der Waals surface area (Å²) < 4.78 is 0. The molecule has 1 aromatic rings. The maximum atomic E-state index is 12.2. The van der Waals surface area contributed by atoms with Crippen molar-refractivity contribution in [3.8, 4) is 6.07 Å². The van der Waals surface area contributed by atoms with Gasteiger partial charge in [0, 0.05) is 21.4 Å². The molecule has 0 saturated carbocycles. The van der Waals surface area contributed by atoms with Crippen molar-refractivity contribution in [2.75, 3.05) is 11.3 Å². The molecule has 1 heterocycles. The number of thioether (sulfide) groups is 2. The molecule has 0 fully saturated rings. The second-order valence-electron chi connectivity index (χ2n) is 5.11. The van der Waals surface area contributed by atoms with Crippen LogP contribution in [0.2, 0.25) is 5.02 Å². The Kier molecular flexibility index (Phi) is 6.23. The van der Waals surface area contributed by atoms with Gasteiger partial charge < -0.3 is 5.32 Å². The lowest BCUT2D eigenvalue weighted by molar-refractivity contribution is -0.113. The minimum Gasteiger partial charge on any atom is -0.353 e. The lowest BCUT2D eigenvalue weighted by Gasteiger charge is -2.29. The van der Waals surface area contributed by atoms with Crippen molar-refractivity contribution in [1.82, 2.24) is 5.32 Å². The van der Waals surface area contributed by atoms with Crippen molar-refractivity contribution in [2.45, 2.75) is 19.8 Å². The average Bonchev–Trinajstić information content (AvgIpc) is 2.52. The summed E-state index contributed by atoms with van der Waals surface area (Å²) in [4.78, 5) is 12.2. The number of ketones is 1. The van der Waals surface area contributed by atoms with Crippen molar-refractivity contribution < 1.29 is 4.79 Å². The van der Waals surface area contributed by atoms with Gasteiger partial charge in [-0.1, -0.05) is 35.5 Å². The zero-order valence-electron chi connectivity index (χ0n) is 13.1. The number of allylic oxidation sites excluding steroid dienone is 3. The monoisotopic (exact) mass is 364 g/mol. The van der Waals surface area contributed by atoms with E-state index in [9.17, 15) is 10.1 Å². The van der Waals surface area contributed by atoms with E-state index in [1.165, 1.54) is 0 Å². The highest BCUT2D eigenvalue weighted by Crippen LogP contribution is 2.41. The standard InChI is InChI=1S/C17H17ClN2OS2/c1-10-15(11(2)21)16(12-4-6-13(18)7-5-12)14(8-19)17(20-10)23-9-22-3/h4-7,16,20H,9H2,1-3H3. The molecule has 0 aromatic heterocycles. The second kappa shape index (κ2) is 7.96. The molecule has 0 saturated heterocycles. The first kappa shape index (κ1) is 18.0. The molecule has 1 aromatic carbocycles. The molecule has 0 bridgehead atoms. The van der Waals surface area contributed by atoms with Crippen LogP contribution in [0.4, 0.5) is 0 Å². The Bertz CT molecular complexity index is 717. The van der Waals surface area contributed by atoms with E-state index >= 15 is 0 Å². The van der Waals surface area contributed by atoms with Gasteiger partial charge in [0.25, 0.3) is 0 Å². The van der Waals surface area contributed by atoms with E-state index in [0.29, 0.717) is 16.2 Å². The van der Waals surface area contributed by atoms with Crippen LogP contribution in [-0.2, 0) is 4.79 Å². The van der Waals surface area contributed by atoms with Gasteiger partial charge in [0.2, 0.25) is 0 Å². The van der Waals surface area contributed by atoms with Crippen molar-refractivity contribution >= 4 is 40.9 Å². The van der Waals surface area contributed by atoms with Crippen LogP contribution in [0.15, 0.2) is 46.1 Å². The summed E-state index contributed by atoms with van der Waals surface area (Å²) in [5, 5.41) is 15.2. The fourth-order valence-corrected chi connectivity index (χ4v) is 4.21. The largest absolute Gasteiger partial charge is 0.353 e. The first-order chi connectivity index (χ1) is 11.0. The summed E-state index contributed by atoms with van der Waals surface area (Å²) in [6, 6.07) is 9.63. The summed E-state index contributed by atoms with van der Waals surface area (Å²) in [5.74, 6) is -0.378. The quantitative estimate of drug-likeness (QED) is 0.769. The SMILES string of the molecule is CSCSC1=C(C#N)C(c2ccc(Cl)cc2)C(C(C)=O)=C(C)N1. The van der Waals surface area contributed by atoms with E-state index in [0.717, 1.165) is 21.4 Å². The van der Waals surface area contributed by atoms with Gasteiger partial charge >= 0.3 is 0 Å². The Morgan fingerprint density at radius 2 is 2.04 bits per heavy atom. The van der Waals surface area contributed by atoms with Gasteiger partial charge in [-0.3, -0.25) is 4.79 Å². The number of nitrogens with zero attached hydrogens (tertiary/aromatic N) is 1. The molecule has 1 aliphatic heterocycles. The topological polar surface area (TPSA) is 52.9 Å². The molecule has 3 nitrogen and oxygen atoms in total. The highest BCUT2D eigenvalue weighted by molar-refractivity contribution is 8.17. The molecule has 6 heteroatoms. The van der Waals surface area contributed by atoms with Crippen LogP contribution in [0.1, 0.15) is 25.3 Å². The van der Waals surface area contributed by atoms with Crippen molar-refractivity contribution in [3.63, 3.8) is 0 Å². The van der Waals surface area contributed by atoms with E-state index in [1.54, 1.807) is 42.6 Å². The Labute approximate surface area is 150 Å². The van der Waals surface area contributed by atoms with Crippen LogP contribution in [0.25, 0.3) is 0 Å². The maximum Gasteiger partial charge on any atom is 0.158 e. The third-order valence-electron chi connectivity index (χ3n) is 3.55. The van der Waals surface area contributed by atoms with Crippen molar-refractivity contribution in [2.24, 2.45) is 0 Å². The summed E-state index contributed by atoms with van der Waals surface area (Å²) in [6.07, 6.45) is 2.02. The molecule has 23 heavy (non-hydrogen) atoms. The van der Waals surface area contributed by atoms with Gasteiger partial charge in [-0.2, -0.15) is 17.0 Å². The number of hydrogen-bond acceptors (Lipinski definition) is 5. The smallest absolute Gasteiger partial charge is 0.158 e. The van der Waals surface area contributed by atoms with Crippen LogP contribution in [0.3, 0.4) is 0 Å². The number of carbonyl (C=O) groups is 1. The Morgan fingerprint density at radius 1 is 1.39 bits per heavy atom. The summed E-state index contributed by atoms with van der Waals surface area (Å²) >= 11 is 9.25. The summed E-state index contributed by atoms with van der Waals surface area (Å²) in [5.41, 5.74) is 2.93. The highest BCUT2D eigenvalue weighted by Gasteiger charge is 2.32. The molecule has 1 aliphatic rings. The number of dihydropyridines is 1. The molecule has 1 N–H and O–H groups in total. The van der Waals surface area contributed by atoms with Gasteiger partial charge in [-0.15, -0.1) is 0 Å². The number of hydrogen-bond donors (Lipinski definition) is 1. The Balaban J connectivity index is 2.58. The normalized spacial score (nSPS) is 17.8. The number of nitrogens with one attached hydrogen (secondary N) is 1. The zero-order chi connectivity index (χ0) is 17.0. The number of benzene rings is 1. The van der Waals surface area contributed by atoms with E-state index in [4.69, 9.17) is 11.6 Å². The first-order valence-electron chi connectivity index (χ1n) is 6.99. The minimum atomic E-state index is -0.347. The third kappa shape index (κ3) is 3.95. The Hall–Kier alpha value is -1.35. The number of carbonyl (C=O) groups excluding carboxylic acids is 1. The predicted octanol–water partition coefficient (Wildman–Crippen LogP) is 4.68. The van der Waals surface area contributed by atoms with Gasteiger partial charge in [-0.25, -0.2) is 0 Å². The molecule has 120 valence electrons. The van der Waals surface area contributed by atoms with Crippen LogP contribution in [0.5, 0.6) is 0 Å². The van der Waals surface area contributed by atoms with E-state index in [-0.39, 0.29) is 11.7 Å². The number of rotatable bonds is 5. The molecule has 2 rings (SSSR count). The van der Waals surface area contributed by atoms with E-state index < -0.39 is 0 Å². The van der Waals surface area contributed by atoms with Crippen LogP contribution < -0.4 is 5.32 Å². The first-order valence-corrected chi connectivity index (χ1v) is 9.75. The molecular formula is C17H17ClN2OS2. The van der Waals surface area contributed by atoms with Crippen molar-refractivity contribution in [3.05, 3.63) is 56.7 Å². The van der Waals surface area contributed by atoms with Gasteiger partial charge in [0.1, 0.15) is 0 Å². The third-order valence-corrected chi connectivity index (χ3v) is 5.83. The number of halogens is 1. The number of nitriles is 1. The molecule has 0 aliphatic carbocycles. The average molecular weight is 365 g/mol. The second-order valence-corrected chi connectivity index (χ2v) is 7.76. The minimum absolute atomic E-state index is 0.0309. The van der Waals surface area contributed by atoms with Gasteiger partial charge in [-0.05, 0) is 37.8 Å². The van der Waals surface area contributed by atoms with E-state index in [1.807, 2.05) is 25.3 Å². The van der Waals surface area contributed by atoms with Gasteiger partial charge in [0.05, 0.1) is 22.6 Å². The molecular weight excluding hydrogens is 348 g/mol.